The summed E-state index contributed by atoms with van der Waals surface area (Å²) in [4.78, 5) is 13.1. The van der Waals surface area contributed by atoms with Gasteiger partial charge in [-0.2, -0.15) is 0 Å². The van der Waals surface area contributed by atoms with Gasteiger partial charge in [-0.1, -0.05) is 24.3 Å². The standard InChI is InChI=1S/C16H16O2S/c1-12-4-3-5-14(10-12)18-11-16(17)13-6-8-15(19-2)9-7-13/h3-10H,11H2,1-2H3. The number of carbonyl (C=O) groups is 1. The van der Waals surface area contributed by atoms with Crippen LogP contribution < -0.4 is 4.74 Å². The molecule has 0 unspecified atom stereocenters. The molecule has 0 bridgehead atoms. The first kappa shape index (κ1) is 13.7. The van der Waals surface area contributed by atoms with Gasteiger partial charge in [0.2, 0.25) is 0 Å². The lowest BCUT2D eigenvalue weighted by Crippen LogP contribution is -2.11. The highest BCUT2D eigenvalue weighted by atomic mass is 32.2. The van der Waals surface area contributed by atoms with E-state index in [-0.39, 0.29) is 12.4 Å². The first-order chi connectivity index (χ1) is 9.19. The summed E-state index contributed by atoms with van der Waals surface area (Å²) in [6, 6.07) is 15.3. The second-order valence-electron chi connectivity index (χ2n) is 4.26. The molecule has 0 heterocycles. The highest BCUT2D eigenvalue weighted by Gasteiger charge is 2.06. The van der Waals surface area contributed by atoms with E-state index in [1.165, 1.54) is 0 Å². The summed E-state index contributed by atoms with van der Waals surface area (Å²) in [6.45, 7) is 2.07. The van der Waals surface area contributed by atoms with Crippen molar-refractivity contribution in [1.82, 2.24) is 0 Å². The highest BCUT2D eigenvalue weighted by Crippen LogP contribution is 2.16. The zero-order valence-electron chi connectivity index (χ0n) is 11.1. The van der Waals surface area contributed by atoms with Crippen molar-refractivity contribution in [3.8, 4) is 5.75 Å². The van der Waals surface area contributed by atoms with E-state index in [2.05, 4.69) is 0 Å². The summed E-state index contributed by atoms with van der Waals surface area (Å²) in [7, 11) is 0. The Kier molecular flexibility index (Phi) is 4.63. The fourth-order valence-corrected chi connectivity index (χ4v) is 2.12. The van der Waals surface area contributed by atoms with Crippen LogP contribution in [0.5, 0.6) is 5.75 Å². The summed E-state index contributed by atoms with van der Waals surface area (Å²) in [5.74, 6) is 0.725. The van der Waals surface area contributed by atoms with Crippen LogP contribution in [0.2, 0.25) is 0 Å². The van der Waals surface area contributed by atoms with E-state index in [4.69, 9.17) is 4.74 Å². The third kappa shape index (κ3) is 3.86. The van der Waals surface area contributed by atoms with E-state index in [0.29, 0.717) is 5.56 Å². The number of rotatable bonds is 5. The molecule has 0 N–H and O–H groups in total. The van der Waals surface area contributed by atoms with Crippen molar-refractivity contribution in [1.29, 1.82) is 0 Å². The predicted octanol–water partition coefficient (Wildman–Crippen LogP) is 3.98. The summed E-state index contributed by atoms with van der Waals surface area (Å²) in [5, 5.41) is 0. The van der Waals surface area contributed by atoms with E-state index in [1.54, 1.807) is 11.8 Å². The average Bonchev–Trinajstić information content (AvgIpc) is 2.45. The molecule has 0 amide bonds. The van der Waals surface area contributed by atoms with Gasteiger partial charge in [-0.25, -0.2) is 0 Å². The molecule has 0 radical (unpaired) electrons. The zero-order chi connectivity index (χ0) is 13.7. The summed E-state index contributed by atoms with van der Waals surface area (Å²) in [6.07, 6.45) is 2.01. The third-order valence-electron chi connectivity index (χ3n) is 2.77. The largest absolute Gasteiger partial charge is 0.485 e. The quantitative estimate of drug-likeness (QED) is 0.608. The smallest absolute Gasteiger partial charge is 0.200 e. The summed E-state index contributed by atoms with van der Waals surface area (Å²) < 4.78 is 5.50. The fourth-order valence-electron chi connectivity index (χ4n) is 1.71. The minimum atomic E-state index is -0.00541. The molecule has 0 fully saturated rings. The number of carbonyl (C=O) groups excluding carboxylic acids is 1. The predicted molar refractivity (Wildman–Crippen MR) is 79.2 cm³/mol. The van der Waals surface area contributed by atoms with Gasteiger partial charge in [-0.15, -0.1) is 11.8 Å². The van der Waals surface area contributed by atoms with Crippen LogP contribution in [0.1, 0.15) is 15.9 Å². The molecule has 0 aliphatic rings. The lowest BCUT2D eigenvalue weighted by molar-refractivity contribution is 0.0921. The first-order valence-corrected chi connectivity index (χ1v) is 7.28. The second kappa shape index (κ2) is 6.43. The Morgan fingerprint density at radius 2 is 1.89 bits per heavy atom. The molecule has 0 aliphatic heterocycles. The van der Waals surface area contributed by atoms with Crippen LogP contribution in [0.4, 0.5) is 0 Å². The topological polar surface area (TPSA) is 26.3 Å². The Balaban J connectivity index is 1.97. The number of ether oxygens (including phenoxy) is 1. The van der Waals surface area contributed by atoms with Gasteiger partial charge in [0.15, 0.2) is 12.4 Å². The third-order valence-corrected chi connectivity index (χ3v) is 3.52. The monoisotopic (exact) mass is 272 g/mol. The molecule has 0 saturated heterocycles. The van der Waals surface area contributed by atoms with Gasteiger partial charge in [-0.3, -0.25) is 4.79 Å². The molecule has 2 rings (SSSR count). The molecule has 0 spiro atoms. The Hall–Kier alpha value is -1.74. The van der Waals surface area contributed by atoms with Crippen molar-refractivity contribution >= 4 is 17.5 Å². The number of ketones is 1. The molecule has 0 atom stereocenters. The van der Waals surface area contributed by atoms with Crippen LogP contribution in [-0.2, 0) is 0 Å². The van der Waals surface area contributed by atoms with Crippen LogP contribution >= 0.6 is 11.8 Å². The molecule has 0 aromatic heterocycles. The highest BCUT2D eigenvalue weighted by molar-refractivity contribution is 7.98. The maximum absolute atomic E-state index is 12.0. The van der Waals surface area contributed by atoms with Crippen molar-refractivity contribution in [2.24, 2.45) is 0 Å². The van der Waals surface area contributed by atoms with Gasteiger partial charge in [-0.05, 0) is 43.0 Å². The Bertz CT molecular complexity index is 561. The van der Waals surface area contributed by atoms with Gasteiger partial charge in [0.1, 0.15) is 5.75 Å². The fraction of sp³-hybridized carbons (Fsp3) is 0.188. The molecule has 98 valence electrons. The van der Waals surface area contributed by atoms with E-state index >= 15 is 0 Å². The SMILES string of the molecule is CSc1ccc(C(=O)COc2cccc(C)c2)cc1. The van der Waals surface area contributed by atoms with Gasteiger partial charge in [0.05, 0.1) is 0 Å². The lowest BCUT2D eigenvalue weighted by Gasteiger charge is -2.06. The van der Waals surface area contributed by atoms with Gasteiger partial charge >= 0.3 is 0 Å². The molecular weight excluding hydrogens is 256 g/mol. The van der Waals surface area contributed by atoms with Crippen LogP contribution in [0.25, 0.3) is 0 Å². The van der Waals surface area contributed by atoms with Crippen molar-refractivity contribution in [3.63, 3.8) is 0 Å². The van der Waals surface area contributed by atoms with Crippen molar-refractivity contribution < 1.29 is 9.53 Å². The number of benzene rings is 2. The zero-order valence-corrected chi connectivity index (χ0v) is 11.9. The first-order valence-electron chi connectivity index (χ1n) is 6.06. The normalized spacial score (nSPS) is 10.2. The van der Waals surface area contributed by atoms with Crippen molar-refractivity contribution in [3.05, 3.63) is 59.7 Å². The molecule has 3 heteroatoms. The minimum absolute atomic E-state index is 0.00541. The minimum Gasteiger partial charge on any atom is -0.485 e. The lowest BCUT2D eigenvalue weighted by atomic mass is 10.1. The van der Waals surface area contributed by atoms with E-state index < -0.39 is 0 Å². The van der Waals surface area contributed by atoms with Crippen molar-refractivity contribution in [2.75, 3.05) is 12.9 Å². The maximum atomic E-state index is 12.0. The Morgan fingerprint density at radius 1 is 1.16 bits per heavy atom. The number of Topliss-reactive ketones (excluding diaryl/α,β-unsaturated/α-hetero) is 1. The van der Waals surface area contributed by atoms with Crippen LogP contribution in [-0.4, -0.2) is 18.6 Å². The van der Waals surface area contributed by atoms with Gasteiger partial charge < -0.3 is 4.74 Å². The van der Waals surface area contributed by atoms with Crippen LogP contribution in [0, 0.1) is 6.92 Å². The van der Waals surface area contributed by atoms with E-state index in [0.717, 1.165) is 16.2 Å². The summed E-state index contributed by atoms with van der Waals surface area (Å²) >= 11 is 1.66. The number of thioether (sulfide) groups is 1. The number of aryl methyl sites for hydroxylation is 1. The molecular formula is C16H16O2S. The van der Waals surface area contributed by atoms with E-state index in [9.17, 15) is 4.79 Å². The number of hydrogen-bond acceptors (Lipinski definition) is 3. The molecule has 2 nitrogen and oxygen atoms in total. The van der Waals surface area contributed by atoms with Crippen LogP contribution in [0.3, 0.4) is 0 Å². The van der Waals surface area contributed by atoms with Gasteiger partial charge in [0, 0.05) is 10.5 Å². The molecule has 2 aromatic carbocycles. The van der Waals surface area contributed by atoms with Crippen LogP contribution in [0.15, 0.2) is 53.4 Å². The molecule has 0 aliphatic carbocycles. The number of hydrogen-bond donors (Lipinski definition) is 0. The summed E-state index contributed by atoms with van der Waals surface area (Å²) in [5.41, 5.74) is 1.81. The molecule has 2 aromatic rings. The maximum Gasteiger partial charge on any atom is 0.200 e. The Morgan fingerprint density at radius 3 is 2.53 bits per heavy atom. The Labute approximate surface area is 117 Å². The second-order valence-corrected chi connectivity index (χ2v) is 5.14. The molecule has 0 saturated carbocycles. The van der Waals surface area contributed by atoms with Gasteiger partial charge in [0.25, 0.3) is 0 Å². The average molecular weight is 272 g/mol. The van der Waals surface area contributed by atoms with Crippen molar-refractivity contribution in [2.45, 2.75) is 11.8 Å². The van der Waals surface area contributed by atoms with E-state index in [1.807, 2.05) is 61.7 Å². The molecule has 19 heavy (non-hydrogen) atoms.